The van der Waals surface area contributed by atoms with Gasteiger partial charge in [-0.25, -0.2) is 8.97 Å². The molecular formula is C23H27N5O3S2. The van der Waals surface area contributed by atoms with E-state index in [2.05, 4.69) is 22.1 Å². The number of rotatable bonds is 8. The number of ether oxygens (including phenoxy) is 2. The number of para-hydroxylation sites is 1. The lowest BCUT2D eigenvalue weighted by Gasteiger charge is -2.21. The number of aromatic nitrogens is 4. The van der Waals surface area contributed by atoms with Crippen LogP contribution in [0.25, 0.3) is 21.7 Å². The highest BCUT2D eigenvalue weighted by atomic mass is 32.2. The van der Waals surface area contributed by atoms with Gasteiger partial charge in [-0.15, -0.1) is 21.5 Å². The molecule has 4 heterocycles. The summed E-state index contributed by atoms with van der Waals surface area (Å²) < 4.78 is 15.1. The van der Waals surface area contributed by atoms with Gasteiger partial charge in [0, 0.05) is 31.2 Å². The normalized spacial score (nSPS) is 14.5. The second kappa shape index (κ2) is 9.55. The predicted molar refractivity (Wildman–Crippen MR) is 132 cm³/mol. The average Bonchev–Trinajstić information content (AvgIpc) is 3.40. The Morgan fingerprint density at radius 1 is 1.15 bits per heavy atom. The molecule has 10 heteroatoms. The van der Waals surface area contributed by atoms with Gasteiger partial charge in [0.15, 0.2) is 11.4 Å². The largest absolute Gasteiger partial charge is 0.352 e. The van der Waals surface area contributed by atoms with Crippen LogP contribution >= 0.6 is 23.1 Å². The van der Waals surface area contributed by atoms with Crippen molar-refractivity contribution in [2.45, 2.75) is 38.3 Å². The van der Waals surface area contributed by atoms with Gasteiger partial charge in [0.1, 0.15) is 4.83 Å². The maximum absolute atomic E-state index is 13.8. The van der Waals surface area contributed by atoms with E-state index in [1.54, 1.807) is 15.9 Å². The average molecular weight is 486 g/mol. The maximum Gasteiger partial charge on any atom is 0.268 e. The fraction of sp³-hybridized carbons (Fsp3) is 0.435. The lowest BCUT2D eigenvalue weighted by atomic mass is 10.1. The third-order valence-electron chi connectivity index (χ3n) is 5.73. The second-order valence-corrected chi connectivity index (χ2v) is 9.99. The van der Waals surface area contributed by atoms with E-state index < -0.39 is 0 Å². The summed E-state index contributed by atoms with van der Waals surface area (Å²) in [6.45, 7) is 6.86. The number of likely N-dealkylation sites (N-methyl/N-ethyl adjacent to an activating group) is 1. The fourth-order valence-electron chi connectivity index (χ4n) is 4.24. The molecule has 33 heavy (non-hydrogen) atoms. The number of thiophene rings is 1. The molecule has 0 radical (unpaired) electrons. The molecule has 1 aliphatic rings. The van der Waals surface area contributed by atoms with Gasteiger partial charge < -0.3 is 14.4 Å². The van der Waals surface area contributed by atoms with E-state index in [1.165, 1.54) is 16.6 Å². The van der Waals surface area contributed by atoms with Gasteiger partial charge >= 0.3 is 0 Å². The van der Waals surface area contributed by atoms with Gasteiger partial charge in [-0.1, -0.05) is 30.0 Å². The zero-order valence-electron chi connectivity index (χ0n) is 19.0. The minimum absolute atomic E-state index is 0.0313. The highest BCUT2D eigenvalue weighted by molar-refractivity contribution is 7.99. The standard InChI is InChI=1S/C23H27N5O3S2/c1-4-30-18(31-5-2)14-32-23-25-24-22-27(15-9-7-6-8-10-15)20(29)19-16-11-12-26(3)13-17(16)33-21(19)28(22)23/h6-10,18H,4-5,11-14H2,1-3H3. The summed E-state index contributed by atoms with van der Waals surface area (Å²) >= 11 is 3.21. The third kappa shape index (κ3) is 4.10. The maximum atomic E-state index is 13.8. The predicted octanol–water partition coefficient (Wildman–Crippen LogP) is 3.57. The van der Waals surface area contributed by atoms with Crippen molar-refractivity contribution in [2.75, 3.05) is 32.6 Å². The van der Waals surface area contributed by atoms with Crippen LogP contribution in [0, 0.1) is 0 Å². The highest BCUT2D eigenvalue weighted by Crippen LogP contribution is 2.35. The first-order valence-corrected chi connectivity index (χ1v) is 13.0. The Hall–Kier alpha value is -2.24. The molecule has 3 aromatic heterocycles. The van der Waals surface area contributed by atoms with Crippen molar-refractivity contribution in [1.29, 1.82) is 0 Å². The topological polar surface area (TPSA) is 73.9 Å². The van der Waals surface area contributed by atoms with E-state index in [0.29, 0.717) is 24.7 Å². The van der Waals surface area contributed by atoms with Crippen LogP contribution in [0.15, 0.2) is 40.3 Å². The molecule has 4 aromatic rings. The summed E-state index contributed by atoms with van der Waals surface area (Å²) in [5.74, 6) is 1.11. The number of benzene rings is 1. The number of hydrogen-bond acceptors (Lipinski definition) is 8. The molecule has 8 nitrogen and oxygen atoms in total. The molecule has 0 fully saturated rings. The number of hydrogen-bond donors (Lipinski definition) is 0. The van der Waals surface area contributed by atoms with Crippen LogP contribution in [0.5, 0.6) is 0 Å². The zero-order chi connectivity index (χ0) is 22.9. The first-order chi connectivity index (χ1) is 16.1. The van der Waals surface area contributed by atoms with Crippen molar-refractivity contribution in [3.8, 4) is 5.69 Å². The number of fused-ring (bicyclic) bond motifs is 5. The molecule has 1 aromatic carbocycles. The van der Waals surface area contributed by atoms with Crippen molar-refractivity contribution in [2.24, 2.45) is 0 Å². The highest BCUT2D eigenvalue weighted by Gasteiger charge is 2.27. The van der Waals surface area contributed by atoms with Crippen LogP contribution in [0.1, 0.15) is 24.3 Å². The summed E-state index contributed by atoms with van der Waals surface area (Å²) in [7, 11) is 2.12. The Morgan fingerprint density at radius 3 is 2.64 bits per heavy atom. The Balaban J connectivity index is 1.71. The van der Waals surface area contributed by atoms with Crippen molar-refractivity contribution in [3.05, 3.63) is 51.1 Å². The van der Waals surface area contributed by atoms with Crippen LogP contribution in [-0.4, -0.2) is 62.9 Å². The molecule has 5 rings (SSSR count). The molecule has 0 atom stereocenters. The van der Waals surface area contributed by atoms with E-state index >= 15 is 0 Å². The summed E-state index contributed by atoms with van der Waals surface area (Å²) in [6.07, 6.45) is 0.543. The molecule has 174 valence electrons. The number of nitrogens with zero attached hydrogens (tertiary/aromatic N) is 5. The second-order valence-electron chi connectivity index (χ2n) is 7.92. The van der Waals surface area contributed by atoms with Crippen molar-refractivity contribution < 1.29 is 9.47 Å². The van der Waals surface area contributed by atoms with E-state index in [1.807, 2.05) is 48.6 Å². The van der Waals surface area contributed by atoms with Crippen LogP contribution in [0.4, 0.5) is 0 Å². The Bertz CT molecular complexity index is 1330. The summed E-state index contributed by atoms with van der Waals surface area (Å²) in [4.78, 5) is 18.3. The van der Waals surface area contributed by atoms with Crippen LogP contribution < -0.4 is 5.56 Å². The minimum Gasteiger partial charge on any atom is -0.352 e. The van der Waals surface area contributed by atoms with Gasteiger partial charge in [-0.2, -0.15) is 0 Å². The van der Waals surface area contributed by atoms with Gasteiger partial charge in [0.2, 0.25) is 5.78 Å². The van der Waals surface area contributed by atoms with Gasteiger partial charge in [0.25, 0.3) is 5.56 Å². The Morgan fingerprint density at radius 2 is 1.91 bits per heavy atom. The minimum atomic E-state index is -0.321. The molecule has 0 unspecified atom stereocenters. The zero-order valence-corrected chi connectivity index (χ0v) is 20.6. The molecule has 0 amide bonds. The summed E-state index contributed by atoms with van der Waals surface area (Å²) in [5.41, 5.74) is 1.92. The van der Waals surface area contributed by atoms with Crippen molar-refractivity contribution in [1.82, 2.24) is 24.1 Å². The van der Waals surface area contributed by atoms with E-state index in [0.717, 1.165) is 46.1 Å². The summed E-state index contributed by atoms with van der Waals surface area (Å²) in [6, 6.07) is 9.67. The van der Waals surface area contributed by atoms with Crippen LogP contribution in [-0.2, 0) is 22.4 Å². The molecular weight excluding hydrogens is 458 g/mol. The monoisotopic (exact) mass is 485 g/mol. The van der Waals surface area contributed by atoms with Gasteiger partial charge in [0.05, 0.1) is 16.8 Å². The van der Waals surface area contributed by atoms with E-state index in [9.17, 15) is 4.79 Å². The lowest BCUT2D eigenvalue weighted by molar-refractivity contribution is -0.120. The lowest BCUT2D eigenvalue weighted by Crippen LogP contribution is -2.27. The number of thioether (sulfide) groups is 1. The molecule has 0 saturated carbocycles. The van der Waals surface area contributed by atoms with Gasteiger partial charge in [-0.05, 0) is 45.0 Å². The fourth-order valence-corrected chi connectivity index (χ4v) is 6.60. The molecule has 0 spiro atoms. The molecule has 0 aliphatic carbocycles. The molecule has 0 saturated heterocycles. The third-order valence-corrected chi connectivity index (χ3v) is 7.90. The SMILES string of the molecule is CCOC(CSc1nnc2n(-c3ccccc3)c(=O)c3c4c(sc3n12)CN(C)CC4)OCC. The van der Waals surface area contributed by atoms with E-state index in [4.69, 9.17) is 9.47 Å². The molecule has 1 aliphatic heterocycles. The summed E-state index contributed by atoms with van der Waals surface area (Å²) in [5, 5.41) is 10.5. The van der Waals surface area contributed by atoms with Gasteiger partial charge in [-0.3, -0.25) is 4.79 Å². The molecule has 0 N–H and O–H groups in total. The Labute approximate surface area is 200 Å². The first kappa shape index (κ1) is 22.5. The van der Waals surface area contributed by atoms with Crippen LogP contribution in [0.2, 0.25) is 0 Å². The van der Waals surface area contributed by atoms with Crippen molar-refractivity contribution in [3.63, 3.8) is 0 Å². The van der Waals surface area contributed by atoms with Crippen LogP contribution in [0.3, 0.4) is 0 Å². The quantitative estimate of drug-likeness (QED) is 0.279. The molecule has 0 bridgehead atoms. The van der Waals surface area contributed by atoms with Crippen molar-refractivity contribution >= 4 is 39.1 Å². The Kier molecular flexibility index (Phi) is 6.53. The smallest absolute Gasteiger partial charge is 0.268 e. The first-order valence-electron chi connectivity index (χ1n) is 11.2. The van der Waals surface area contributed by atoms with E-state index in [-0.39, 0.29) is 11.8 Å².